The lowest BCUT2D eigenvalue weighted by molar-refractivity contribution is 0.600. The minimum Gasteiger partial charge on any atom is -0.453 e. The minimum absolute atomic E-state index is 0.00926. The third kappa shape index (κ3) is 4.37. The van der Waals surface area contributed by atoms with E-state index in [1.165, 1.54) is 0 Å². The zero-order chi connectivity index (χ0) is 4.28. The summed E-state index contributed by atoms with van der Waals surface area (Å²) in [5.41, 5.74) is 0. The number of thiol groups is 1. The van der Waals surface area contributed by atoms with Gasteiger partial charge in [-0.25, -0.2) is 0 Å². The molecule has 0 saturated carbocycles. The minimum atomic E-state index is 0.00926. The first-order valence-corrected chi connectivity index (χ1v) is 1.94. The van der Waals surface area contributed by atoms with Crippen LogP contribution in [0.2, 0.25) is 0 Å². The van der Waals surface area contributed by atoms with E-state index in [4.69, 9.17) is 5.02 Å². The van der Waals surface area contributed by atoms with Crippen molar-refractivity contribution in [3.8, 4) is 0 Å². The van der Waals surface area contributed by atoms with Crippen LogP contribution in [0.25, 0.3) is 0 Å². The molecule has 0 aromatic heterocycles. The van der Waals surface area contributed by atoms with Crippen LogP contribution >= 0.6 is 12.6 Å². The maximum Gasteiger partial charge on any atom is 0.300 e. The van der Waals surface area contributed by atoms with Crippen molar-refractivity contribution in [1.29, 1.82) is 0 Å². The molecule has 0 amide bonds. The fraction of sp³-hybridized carbons (Fsp3) is 1.00. The molecule has 1 atom stereocenters. The van der Waals surface area contributed by atoms with Gasteiger partial charge in [0.1, 0.15) is 0 Å². The highest BCUT2D eigenvalue weighted by atomic mass is 32.1. The third-order valence-electron chi connectivity index (χ3n) is 0.216. The van der Waals surface area contributed by atoms with E-state index in [0.29, 0.717) is 0 Å². The van der Waals surface area contributed by atoms with Gasteiger partial charge in [0.2, 0.25) is 0 Å². The number of hydrogen-bond acceptors (Lipinski definition) is 2. The summed E-state index contributed by atoms with van der Waals surface area (Å²) in [4.78, 5) is 0. The molecular weight excluding hydrogens is 82.9 g/mol. The second-order valence-corrected chi connectivity index (χ2v) is 1.70. The van der Waals surface area contributed by atoms with E-state index < -0.39 is 0 Å². The molecule has 0 aromatic carbocycles. The Labute approximate surface area is 38.1 Å². The first-order valence-electron chi connectivity index (χ1n) is 1.43. The molecule has 0 rings (SSSR count). The Balaban J connectivity index is 2.54. The average molecular weight is 88.9 g/mol. The Morgan fingerprint density at radius 1 is 2.00 bits per heavy atom. The molecule has 1 N–H and O–H groups in total. The van der Waals surface area contributed by atoms with Crippen LogP contribution in [0, 0.1) is 0 Å². The molecule has 0 aromatic rings. The van der Waals surface area contributed by atoms with Crippen LogP contribution in [-0.2, 0) is 0 Å². The summed E-state index contributed by atoms with van der Waals surface area (Å²) < 4.78 is 0. The first kappa shape index (κ1) is 5.37. The van der Waals surface area contributed by atoms with Crippen molar-refractivity contribution in [3.63, 3.8) is 0 Å². The van der Waals surface area contributed by atoms with Gasteiger partial charge in [-0.3, -0.25) is 0 Å². The molecule has 1 nitrogen and oxygen atoms in total. The van der Waals surface area contributed by atoms with Gasteiger partial charge >= 0.3 is 7.48 Å². The van der Waals surface area contributed by atoms with Gasteiger partial charge in [-0.15, -0.1) is 0 Å². The summed E-state index contributed by atoms with van der Waals surface area (Å²) in [7, 11) is 1.03. The van der Waals surface area contributed by atoms with E-state index in [9.17, 15) is 0 Å². The first-order chi connectivity index (χ1) is 2.27. The molecule has 0 heterocycles. The van der Waals surface area contributed by atoms with Crippen molar-refractivity contribution in [3.05, 3.63) is 0 Å². The van der Waals surface area contributed by atoms with Crippen molar-refractivity contribution < 1.29 is 5.02 Å². The number of rotatable bonds is 1. The van der Waals surface area contributed by atoms with E-state index >= 15 is 0 Å². The molecule has 3 heteroatoms. The molecule has 0 bridgehead atoms. The van der Waals surface area contributed by atoms with Crippen LogP contribution in [-0.4, -0.2) is 17.7 Å². The summed E-state index contributed by atoms with van der Waals surface area (Å²) in [5.74, 6) is 0. The SMILES string of the molecule is CC(S)[B]O. The molecule has 0 aliphatic rings. The van der Waals surface area contributed by atoms with Gasteiger partial charge in [0, 0.05) is 5.15 Å². The lowest BCUT2D eigenvalue weighted by atomic mass is 9.98. The Morgan fingerprint density at radius 3 is 2.20 bits per heavy atom. The fourth-order valence-corrected chi connectivity index (χ4v) is 0. The molecular formula is C2H6BOS. The van der Waals surface area contributed by atoms with Crippen molar-refractivity contribution in [2.24, 2.45) is 0 Å². The number of hydrogen-bond donors (Lipinski definition) is 2. The van der Waals surface area contributed by atoms with Gasteiger partial charge in [0.05, 0.1) is 0 Å². The Morgan fingerprint density at radius 2 is 2.20 bits per heavy atom. The molecule has 0 saturated heterocycles. The third-order valence-corrected chi connectivity index (χ3v) is 0.349. The zero-order valence-corrected chi connectivity index (χ0v) is 3.94. The molecule has 0 aliphatic heterocycles. The molecule has 29 valence electrons. The highest BCUT2D eigenvalue weighted by molar-refractivity contribution is 7.82. The predicted molar refractivity (Wildman–Crippen MR) is 26.4 cm³/mol. The topological polar surface area (TPSA) is 20.2 Å². The summed E-state index contributed by atoms with van der Waals surface area (Å²) in [6.07, 6.45) is 0. The second kappa shape index (κ2) is 2.60. The predicted octanol–water partition coefficient (Wildman–Crippen LogP) is -0.126. The van der Waals surface area contributed by atoms with Gasteiger partial charge in [-0.1, -0.05) is 6.92 Å². The van der Waals surface area contributed by atoms with E-state index in [-0.39, 0.29) is 5.15 Å². The van der Waals surface area contributed by atoms with Gasteiger partial charge in [0.15, 0.2) is 0 Å². The Bertz CT molecular complexity index is 23.6. The zero-order valence-electron chi connectivity index (χ0n) is 3.05. The van der Waals surface area contributed by atoms with Crippen LogP contribution < -0.4 is 0 Å². The summed E-state index contributed by atoms with van der Waals surface area (Å²) in [5, 5.41) is 7.95. The molecule has 1 unspecified atom stereocenters. The van der Waals surface area contributed by atoms with Crippen LogP contribution in [0.1, 0.15) is 6.92 Å². The van der Waals surface area contributed by atoms with Gasteiger partial charge in [-0.2, -0.15) is 12.6 Å². The monoisotopic (exact) mass is 89.0 g/mol. The van der Waals surface area contributed by atoms with Gasteiger partial charge in [-0.05, 0) is 0 Å². The summed E-state index contributed by atoms with van der Waals surface area (Å²) >= 11 is 3.79. The van der Waals surface area contributed by atoms with E-state index in [1.807, 2.05) is 0 Å². The normalized spacial score (nSPS) is 14.2. The summed E-state index contributed by atoms with van der Waals surface area (Å²) in [6.45, 7) is 1.78. The second-order valence-electron chi connectivity index (χ2n) is 0.890. The van der Waals surface area contributed by atoms with Crippen LogP contribution in [0.3, 0.4) is 0 Å². The maximum atomic E-state index is 7.94. The summed E-state index contributed by atoms with van der Waals surface area (Å²) in [6, 6.07) is 0. The van der Waals surface area contributed by atoms with Gasteiger partial charge in [0.25, 0.3) is 0 Å². The molecule has 0 spiro atoms. The molecule has 1 radical (unpaired) electrons. The van der Waals surface area contributed by atoms with Crippen molar-refractivity contribution >= 4 is 20.1 Å². The maximum absolute atomic E-state index is 7.94. The van der Waals surface area contributed by atoms with Crippen LogP contribution in [0.15, 0.2) is 0 Å². The molecule has 0 aliphatic carbocycles. The quantitative estimate of drug-likeness (QED) is 0.338. The average Bonchev–Trinajstić information content (AvgIpc) is 1.38. The standard InChI is InChI=1S/C2H6BOS/c1-2(5)3-4/h2,4-5H,1H3. The van der Waals surface area contributed by atoms with E-state index in [0.717, 1.165) is 7.48 Å². The van der Waals surface area contributed by atoms with Crippen molar-refractivity contribution in [2.45, 2.75) is 12.1 Å². The Hall–Kier alpha value is 0.375. The van der Waals surface area contributed by atoms with Crippen LogP contribution in [0.5, 0.6) is 0 Å². The lowest BCUT2D eigenvalue weighted by Gasteiger charge is -1.85. The highest BCUT2D eigenvalue weighted by Crippen LogP contribution is 1.82. The lowest BCUT2D eigenvalue weighted by Crippen LogP contribution is -2.01. The molecule has 5 heavy (non-hydrogen) atoms. The Kier molecular flexibility index (Phi) is 2.80. The van der Waals surface area contributed by atoms with E-state index in [1.54, 1.807) is 6.92 Å². The van der Waals surface area contributed by atoms with Crippen LogP contribution in [0.4, 0.5) is 0 Å². The van der Waals surface area contributed by atoms with Gasteiger partial charge < -0.3 is 5.02 Å². The van der Waals surface area contributed by atoms with E-state index in [2.05, 4.69) is 12.6 Å². The molecule has 0 fully saturated rings. The van der Waals surface area contributed by atoms with Crippen molar-refractivity contribution in [2.75, 3.05) is 0 Å². The highest BCUT2D eigenvalue weighted by Gasteiger charge is 1.88. The van der Waals surface area contributed by atoms with Crippen molar-refractivity contribution in [1.82, 2.24) is 0 Å². The smallest absolute Gasteiger partial charge is 0.300 e. The fourth-order valence-electron chi connectivity index (χ4n) is 0. The largest absolute Gasteiger partial charge is 0.453 e.